The highest BCUT2D eigenvalue weighted by Gasteiger charge is 2.18. The van der Waals surface area contributed by atoms with Gasteiger partial charge in [-0.1, -0.05) is 20.8 Å². The first-order valence-corrected chi connectivity index (χ1v) is 4.79. The summed E-state index contributed by atoms with van der Waals surface area (Å²) in [4.78, 5) is 15.2. The summed E-state index contributed by atoms with van der Waals surface area (Å²) in [5.74, 6) is -0.553. The Kier molecular flexibility index (Phi) is 2.98. The lowest BCUT2D eigenvalue weighted by atomic mass is 9.91. The van der Waals surface area contributed by atoms with Crippen molar-refractivity contribution in [2.75, 3.05) is 12.4 Å². The highest BCUT2D eigenvalue weighted by Crippen LogP contribution is 2.23. The van der Waals surface area contributed by atoms with Crippen LogP contribution in [0.2, 0.25) is 0 Å². The summed E-state index contributed by atoms with van der Waals surface area (Å²) in [5.41, 5.74) is 0.991. The van der Waals surface area contributed by atoms with Crippen LogP contribution in [0.25, 0.3) is 0 Å². The maximum Gasteiger partial charge on any atom is 0.339 e. The highest BCUT2D eigenvalue weighted by atomic mass is 16.4. The van der Waals surface area contributed by atoms with Gasteiger partial charge in [-0.05, 0) is 12.1 Å². The number of aromatic nitrogens is 1. The van der Waals surface area contributed by atoms with E-state index in [-0.39, 0.29) is 11.0 Å². The number of carbonyl (C=O) groups is 1. The predicted octanol–water partition coefficient (Wildman–Crippen LogP) is 2.12. The second-order valence-corrected chi connectivity index (χ2v) is 4.40. The molecule has 0 fully saturated rings. The summed E-state index contributed by atoms with van der Waals surface area (Å²) >= 11 is 0. The summed E-state index contributed by atoms with van der Waals surface area (Å²) in [5, 5.41) is 11.7. The van der Waals surface area contributed by atoms with Gasteiger partial charge in [0.25, 0.3) is 0 Å². The first-order valence-electron chi connectivity index (χ1n) is 4.79. The highest BCUT2D eigenvalue weighted by molar-refractivity contribution is 5.93. The molecule has 0 saturated heterocycles. The zero-order chi connectivity index (χ0) is 11.6. The molecule has 4 heteroatoms. The van der Waals surface area contributed by atoms with Crippen LogP contribution >= 0.6 is 0 Å². The van der Waals surface area contributed by atoms with Gasteiger partial charge in [-0.2, -0.15) is 0 Å². The topological polar surface area (TPSA) is 62.2 Å². The zero-order valence-corrected chi connectivity index (χ0v) is 9.46. The number of hydrogen-bond donors (Lipinski definition) is 2. The van der Waals surface area contributed by atoms with Crippen LogP contribution in [0.3, 0.4) is 0 Å². The number of carboxylic acid groups (broad SMARTS) is 1. The second-order valence-electron chi connectivity index (χ2n) is 4.40. The van der Waals surface area contributed by atoms with Crippen molar-refractivity contribution < 1.29 is 9.90 Å². The molecule has 1 aromatic heterocycles. The van der Waals surface area contributed by atoms with Crippen molar-refractivity contribution >= 4 is 11.8 Å². The van der Waals surface area contributed by atoms with Crippen LogP contribution in [-0.2, 0) is 5.41 Å². The number of carboxylic acids is 1. The van der Waals surface area contributed by atoms with E-state index in [4.69, 9.17) is 5.11 Å². The molecule has 0 atom stereocenters. The van der Waals surface area contributed by atoms with Gasteiger partial charge in [0, 0.05) is 18.2 Å². The fourth-order valence-electron chi connectivity index (χ4n) is 1.24. The van der Waals surface area contributed by atoms with Crippen LogP contribution in [0, 0.1) is 0 Å². The van der Waals surface area contributed by atoms with E-state index in [1.54, 1.807) is 19.2 Å². The van der Waals surface area contributed by atoms with Gasteiger partial charge in [-0.3, -0.25) is 0 Å². The van der Waals surface area contributed by atoms with Crippen LogP contribution in [0.5, 0.6) is 0 Å². The summed E-state index contributed by atoms with van der Waals surface area (Å²) < 4.78 is 0. The maximum absolute atomic E-state index is 10.9. The van der Waals surface area contributed by atoms with Crippen LogP contribution < -0.4 is 5.32 Å². The van der Waals surface area contributed by atoms with Crippen LogP contribution in [0.4, 0.5) is 5.82 Å². The molecule has 82 valence electrons. The molecule has 0 amide bonds. The number of hydrogen-bond acceptors (Lipinski definition) is 3. The molecule has 0 spiro atoms. The molecule has 0 aromatic carbocycles. The Bertz CT molecular complexity index is 381. The van der Waals surface area contributed by atoms with E-state index in [0.29, 0.717) is 5.82 Å². The summed E-state index contributed by atoms with van der Waals surface area (Å²) in [6.45, 7) is 6.11. The molecule has 1 rings (SSSR count). The van der Waals surface area contributed by atoms with Crippen molar-refractivity contribution in [1.29, 1.82) is 0 Å². The molecule has 15 heavy (non-hydrogen) atoms. The summed E-state index contributed by atoms with van der Waals surface area (Å²) in [6.07, 6.45) is 0. The van der Waals surface area contributed by atoms with Gasteiger partial charge >= 0.3 is 5.97 Å². The Morgan fingerprint density at radius 2 is 2.00 bits per heavy atom. The SMILES string of the molecule is CNc1nc(C(C)(C)C)ccc1C(=O)O. The van der Waals surface area contributed by atoms with E-state index < -0.39 is 5.97 Å². The molecule has 0 radical (unpaired) electrons. The monoisotopic (exact) mass is 208 g/mol. The van der Waals surface area contributed by atoms with E-state index in [1.807, 2.05) is 20.8 Å². The lowest BCUT2D eigenvalue weighted by Gasteiger charge is -2.19. The third-order valence-corrected chi connectivity index (χ3v) is 2.13. The molecule has 2 N–H and O–H groups in total. The fraction of sp³-hybridized carbons (Fsp3) is 0.455. The first kappa shape index (κ1) is 11.5. The van der Waals surface area contributed by atoms with E-state index in [1.165, 1.54) is 0 Å². The Balaban J connectivity index is 3.25. The van der Waals surface area contributed by atoms with E-state index in [9.17, 15) is 4.79 Å². The zero-order valence-electron chi connectivity index (χ0n) is 9.46. The maximum atomic E-state index is 10.9. The van der Waals surface area contributed by atoms with Gasteiger partial charge in [-0.25, -0.2) is 9.78 Å². The molecule has 0 aliphatic heterocycles. The number of aromatic carboxylic acids is 1. The van der Waals surface area contributed by atoms with Gasteiger partial charge < -0.3 is 10.4 Å². The van der Waals surface area contributed by atoms with E-state index >= 15 is 0 Å². The third kappa shape index (κ3) is 2.46. The molecule has 1 aromatic rings. The van der Waals surface area contributed by atoms with Crippen molar-refractivity contribution in [3.8, 4) is 0 Å². The lowest BCUT2D eigenvalue weighted by molar-refractivity contribution is 0.0697. The molecule has 1 heterocycles. The van der Waals surface area contributed by atoms with Gasteiger partial charge in [0.05, 0.1) is 0 Å². The molecular weight excluding hydrogens is 192 g/mol. The number of anilines is 1. The molecule has 0 bridgehead atoms. The summed E-state index contributed by atoms with van der Waals surface area (Å²) in [7, 11) is 1.67. The first-order chi connectivity index (χ1) is 6.86. The Morgan fingerprint density at radius 1 is 1.40 bits per heavy atom. The van der Waals surface area contributed by atoms with Crippen molar-refractivity contribution in [2.24, 2.45) is 0 Å². The minimum atomic E-state index is -0.965. The molecule has 4 nitrogen and oxygen atoms in total. The molecule has 0 aliphatic carbocycles. The minimum absolute atomic E-state index is 0.0807. The van der Waals surface area contributed by atoms with Gasteiger partial charge in [-0.15, -0.1) is 0 Å². The van der Waals surface area contributed by atoms with E-state index in [0.717, 1.165) is 5.69 Å². The summed E-state index contributed by atoms with van der Waals surface area (Å²) in [6, 6.07) is 3.34. The average molecular weight is 208 g/mol. The smallest absolute Gasteiger partial charge is 0.339 e. The Morgan fingerprint density at radius 3 is 2.40 bits per heavy atom. The van der Waals surface area contributed by atoms with E-state index in [2.05, 4.69) is 10.3 Å². The normalized spacial score (nSPS) is 11.2. The number of pyridine rings is 1. The average Bonchev–Trinajstić information content (AvgIpc) is 2.15. The fourth-order valence-corrected chi connectivity index (χ4v) is 1.24. The number of rotatable bonds is 2. The van der Waals surface area contributed by atoms with Crippen LogP contribution in [0.15, 0.2) is 12.1 Å². The van der Waals surface area contributed by atoms with Crippen molar-refractivity contribution in [2.45, 2.75) is 26.2 Å². The van der Waals surface area contributed by atoms with Crippen molar-refractivity contribution in [3.63, 3.8) is 0 Å². The Labute approximate surface area is 89.3 Å². The number of nitrogens with zero attached hydrogens (tertiary/aromatic N) is 1. The molecule has 0 unspecified atom stereocenters. The lowest BCUT2D eigenvalue weighted by Crippen LogP contribution is -2.16. The quantitative estimate of drug-likeness (QED) is 0.781. The molecule has 0 saturated carbocycles. The van der Waals surface area contributed by atoms with Gasteiger partial charge in [0.15, 0.2) is 0 Å². The van der Waals surface area contributed by atoms with Gasteiger partial charge in [0.2, 0.25) is 0 Å². The third-order valence-electron chi connectivity index (χ3n) is 2.13. The Hall–Kier alpha value is -1.58. The second kappa shape index (κ2) is 3.88. The van der Waals surface area contributed by atoms with Gasteiger partial charge in [0.1, 0.15) is 11.4 Å². The van der Waals surface area contributed by atoms with Crippen molar-refractivity contribution in [1.82, 2.24) is 4.98 Å². The molecular formula is C11H16N2O2. The van der Waals surface area contributed by atoms with Crippen molar-refractivity contribution in [3.05, 3.63) is 23.4 Å². The largest absolute Gasteiger partial charge is 0.478 e. The predicted molar refractivity (Wildman–Crippen MR) is 59.4 cm³/mol. The standard InChI is InChI=1S/C11H16N2O2/c1-11(2,3)8-6-5-7(10(14)15)9(12-4)13-8/h5-6H,1-4H3,(H,12,13)(H,14,15). The van der Waals surface area contributed by atoms with Crippen LogP contribution in [-0.4, -0.2) is 23.1 Å². The van der Waals surface area contributed by atoms with Crippen LogP contribution in [0.1, 0.15) is 36.8 Å². The number of nitrogens with one attached hydrogen (secondary N) is 1. The minimum Gasteiger partial charge on any atom is -0.478 e. The molecule has 0 aliphatic rings.